The standard InChI is InChI=1S/C15H21N5O/c1-11-9-17-13(18-10-11)14-19-12(21-20-14)8-15(16-2)6-4-3-5-7-15/h9-10,16H,3-8H2,1-2H3. The third-order valence-electron chi connectivity index (χ3n) is 4.28. The zero-order valence-corrected chi connectivity index (χ0v) is 12.6. The predicted molar refractivity (Wildman–Crippen MR) is 78.6 cm³/mol. The summed E-state index contributed by atoms with van der Waals surface area (Å²) in [5, 5.41) is 7.47. The Morgan fingerprint density at radius 1 is 1.14 bits per heavy atom. The number of aromatic nitrogens is 4. The number of nitrogens with zero attached hydrogens (tertiary/aromatic N) is 4. The minimum atomic E-state index is 0.0934. The van der Waals surface area contributed by atoms with Gasteiger partial charge in [0.15, 0.2) is 0 Å². The van der Waals surface area contributed by atoms with Crippen LogP contribution in [0.25, 0.3) is 11.6 Å². The molecular formula is C15H21N5O. The lowest BCUT2D eigenvalue weighted by atomic mass is 9.79. The molecule has 1 saturated carbocycles. The summed E-state index contributed by atoms with van der Waals surface area (Å²) in [7, 11) is 2.02. The Labute approximate surface area is 124 Å². The molecule has 2 aromatic heterocycles. The average Bonchev–Trinajstić information content (AvgIpc) is 2.97. The minimum Gasteiger partial charge on any atom is -0.339 e. The van der Waals surface area contributed by atoms with Gasteiger partial charge >= 0.3 is 0 Å². The third-order valence-corrected chi connectivity index (χ3v) is 4.28. The van der Waals surface area contributed by atoms with Gasteiger partial charge in [-0.2, -0.15) is 4.98 Å². The van der Waals surface area contributed by atoms with E-state index in [1.165, 1.54) is 19.3 Å². The summed E-state index contributed by atoms with van der Waals surface area (Å²) in [6.07, 6.45) is 10.4. The molecule has 1 N–H and O–H groups in total. The van der Waals surface area contributed by atoms with Crippen LogP contribution in [-0.4, -0.2) is 32.7 Å². The van der Waals surface area contributed by atoms with Gasteiger partial charge in [-0.05, 0) is 32.4 Å². The third kappa shape index (κ3) is 3.10. The van der Waals surface area contributed by atoms with E-state index < -0.39 is 0 Å². The Hall–Kier alpha value is -1.82. The van der Waals surface area contributed by atoms with E-state index in [9.17, 15) is 0 Å². The molecule has 0 aromatic carbocycles. The molecule has 6 nitrogen and oxygen atoms in total. The quantitative estimate of drug-likeness (QED) is 0.929. The second kappa shape index (κ2) is 5.89. The van der Waals surface area contributed by atoms with E-state index in [4.69, 9.17) is 4.52 Å². The minimum absolute atomic E-state index is 0.0934. The van der Waals surface area contributed by atoms with Gasteiger partial charge in [0.1, 0.15) is 0 Å². The first kappa shape index (κ1) is 14.1. The molecule has 21 heavy (non-hydrogen) atoms. The van der Waals surface area contributed by atoms with E-state index in [-0.39, 0.29) is 5.54 Å². The number of hydrogen-bond acceptors (Lipinski definition) is 6. The maximum Gasteiger partial charge on any atom is 0.240 e. The van der Waals surface area contributed by atoms with Crippen molar-refractivity contribution in [3.8, 4) is 11.6 Å². The predicted octanol–water partition coefficient (Wildman–Crippen LogP) is 2.30. The molecule has 0 unspecified atom stereocenters. The Morgan fingerprint density at radius 2 is 1.86 bits per heavy atom. The lowest BCUT2D eigenvalue weighted by Crippen LogP contribution is -2.46. The van der Waals surface area contributed by atoms with Crippen LogP contribution in [-0.2, 0) is 6.42 Å². The topological polar surface area (TPSA) is 76.7 Å². The van der Waals surface area contributed by atoms with Crippen LogP contribution in [0.2, 0.25) is 0 Å². The molecule has 0 atom stereocenters. The van der Waals surface area contributed by atoms with E-state index in [1.54, 1.807) is 12.4 Å². The number of aryl methyl sites for hydroxylation is 1. The van der Waals surface area contributed by atoms with Crippen molar-refractivity contribution in [2.45, 2.75) is 51.0 Å². The zero-order chi connectivity index (χ0) is 14.7. The normalized spacial score (nSPS) is 17.8. The highest BCUT2D eigenvalue weighted by Crippen LogP contribution is 2.30. The van der Waals surface area contributed by atoms with Crippen LogP contribution in [0.1, 0.15) is 43.6 Å². The second-order valence-corrected chi connectivity index (χ2v) is 5.86. The van der Waals surface area contributed by atoms with Crippen LogP contribution in [0.5, 0.6) is 0 Å². The van der Waals surface area contributed by atoms with Crippen LogP contribution in [0, 0.1) is 6.92 Å². The number of rotatable bonds is 4. The molecule has 3 rings (SSSR count). The first-order valence-corrected chi connectivity index (χ1v) is 7.51. The molecule has 2 heterocycles. The first-order chi connectivity index (χ1) is 10.2. The summed E-state index contributed by atoms with van der Waals surface area (Å²) < 4.78 is 5.40. The molecule has 1 fully saturated rings. The van der Waals surface area contributed by atoms with Gasteiger partial charge in [0.05, 0.1) is 0 Å². The van der Waals surface area contributed by atoms with Crippen molar-refractivity contribution in [2.75, 3.05) is 7.05 Å². The summed E-state index contributed by atoms with van der Waals surface area (Å²) in [6, 6.07) is 0. The zero-order valence-electron chi connectivity index (χ0n) is 12.6. The van der Waals surface area contributed by atoms with Gasteiger partial charge in [-0.25, -0.2) is 9.97 Å². The lowest BCUT2D eigenvalue weighted by molar-refractivity contribution is 0.221. The van der Waals surface area contributed by atoms with Crippen LogP contribution < -0.4 is 5.32 Å². The lowest BCUT2D eigenvalue weighted by Gasteiger charge is -2.36. The van der Waals surface area contributed by atoms with Gasteiger partial charge in [0.2, 0.25) is 17.5 Å². The molecule has 112 valence electrons. The highest BCUT2D eigenvalue weighted by atomic mass is 16.5. The van der Waals surface area contributed by atoms with E-state index in [0.717, 1.165) is 24.8 Å². The van der Waals surface area contributed by atoms with Crippen LogP contribution in [0.15, 0.2) is 16.9 Å². The Kier molecular flexibility index (Phi) is 3.96. The number of hydrogen-bond donors (Lipinski definition) is 1. The van der Waals surface area contributed by atoms with Gasteiger partial charge < -0.3 is 9.84 Å². The number of nitrogens with one attached hydrogen (secondary N) is 1. The average molecular weight is 287 g/mol. The van der Waals surface area contributed by atoms with Gasteiger partial charge in [0.25, 0.3) is 0 Å². The van der Waals surface area contributed by atoms with Gasteiger partial charge in [-0.3, -0.25) is 0 Å². The first-order valence-electron chi connectivity index (χ1n) is 7.51. The van der Waals surface area contributed by atoms with Gasteiger partial charge in [-0.1, -0.05) is 24.4 Å². The molecule has 0 amide bonds. The number of likely N-dealkylation sites (N-methyl/N-ethyl adjacent to an activating group) is 1. The molecule has 0 aliphatic heterocycles. The van der Waals surface area contributed by atoms with Crippen molar-refractivity contribution < 1.29 is 4.52 Å². The van der Waals surface area contributed by atoms with E-state index in [2.05, 4.69) is 25.4 Å². The molecule has 1 aliphatic carbocycles. The van der Waals surface area contributed by atoms with Crippen LogP contribution >= 0.6 is 0 Å². The molecule has 0 radical (unpaired) electrons. The fraction of sp³-hybridized carbons (Fsp3) is 0.600. The molecule has 2 aromatic rings. The fourth-order valence-electron chi connectivity index (χ4n) is 2.96. The molecule has 1 aliphatic rings. The Bertz CT molecular complexity index is 586. The smallest absolute Gasteiger partial charge is 0.240 e. The van der Waals surface area contributed by atoms with Crippen LogP contribution in [0.3, 0.4) is 0 Å². The summed E-state index contributed by atoms with van der Waals surface area (Å²) in [4.78, 5) is 12.9. The van der Waals surface area contributed by atoms with Crippen molar-refractivity contribution in [1.29, 1.82) is 0 Å². The largest absolute Gasteiger partial charge is 0.339 e. The summed E-state index contributed by atoms with van der Waals surface area (Å²) in [5.41, 5.74) is 1.11. The van der Waals surface area contributed by atoms with E-state index in [0.29, 0.717) is 17.5 Å². The second-order valence-electron chi connectivity index (χ2n) is 5.86. The Morgan fingerprint density at radius 3 is 2.52 bits per heavy atom. The summed E-state index contributed by atoms with van der Waals surface area (Å²) >= 11 is 0. The van der Waals surface area contributed by atoms with Crippen molar-refractivity contribution in [3.63, 3.8) is 0 Å². The van der Waals surface area contributed by atoms with Crippen molar-refractivity contribution >= 4 is 0 Å². The molecular weight excluding hydrogens is 266 g/mol. The highest BCUT2D eigenvalue weighted by molar-refractivity contribution is 5.40. The monoisotopic (exact) mass is 287 g/mol. The van der Waals surface area contributed by atoms with Crippen LogP contribution in [0.4, 0.5) is 0 Å². The highest BCUT2D eigenvalue weighted by Gasteiger charge is 2.32. The van der Waals surface area contributed by atoms with Crippen molar-refractivity contribution in [3.05, 3.63) is 23.8 Å². The maximum atomic E-state index is 5.40. The SMILES string of the molecule is CNC1(Cc2nc(-c3ncc(C)cn3)no2)CCCCC1. The molecule has 6 heteroatoms. The van der Waals surface area contributed by atoms with E-state index in [1.807, 2.05) is 14.0 Å². The van der Waals surface area contributed by atoms with Crippen molar-refractivity contribution in [2.24, 2.45) is 0 Å². The molecule has 0 saturated heterocycles. The summed E-state index contributed by atoms with van der Waals surface area (Å²) in [6.45, 7) is 1.95. The maximum absolute atomic E-state index is 5.40. The molecule has 0 bridgehead atoms. The van der Waals surface area contributed by atoms with E-state index >= 15 is 0 Å². The fourth-order valence-corrected chi connectivity index (χ4v) is 2.96. The molecule has 0 spiro atoms. The van der Waals surface area contributed by atoms with Gasteiger partial charge in [0, 0.05) is 24.4 Å². The Balaban J connectivity index is 1.76. The van der Waals surface area contributed by atoms with Gasteiger partial charge in [-0.15, -0.1) is 0 Å². The summed E-state index contributed by atoms with van der Waals surface area (Å²) in [5.74, 6) is 1.63. The van der Waals surface area contributed by atoms with Crippen molar-refractivity contribution in [1.82, 2.24) is 25.4 Å².